The van der Waals surface area contributed by atoms with Gasteiger partial charge in [0.2, 0.25) is 0 Å². The molecule has 150 valence electrons. The highest BCUT2D eigenvalue weighted by molar-refractivity contribution is 5.96. The molecule has 0 saturated carbocycles. The summed E-state index contributed by atoms with van der Waals surface area (Å²) < 4.78 is 44.8. The molecule has 1 heterocycles. The molecule has 0 aromatic heterocycles. The first-order chi connectivity index (χ1) is 13.2. The fraction of sp³-hybridized carbons (Fsp3) is 0.381. The van der Waals surface area contributed by atoms with Gasteiger partial charge < -0.3 is 15.2 Å². The molecule has 0 bridgehead atoms. The van der Waals surface area contributed by atoms with Gasteiger partial charge in [0.05, 0.1) is 11.1 Å². The molecule has 4 nitrogen and oxygen atoms in total. The lowest BCUT2D eigenvalue weighted by molar-refractivity contribution is -0.137. The third kappa shape index (κ3) is 4.30. The number of phenols is 1. The Morgan fingerprint density at radius 1 is 1.18 bits per heavy atom. The second-order valence-corrected chi connectivity index (χ2v) is 7.17. The van der Waals surface area contributed by atoms with Gasteiger partial charge in [-0.3, -0.25) is 4.79 Å². The zero-order valence-corrected chi connectivity index (χ0v) is 15.5. The summed E-state index contributed by atoms with van der Waals surface area (Å²) >= 11 is 0. The van der Waals surface area contributed by atoms with Crippen molar-refractivity contribution in [3.63, 3.8) is 0 Å². The van der Waals surface area contributed by atoms with Crippen LogP contribution in [-0.2, 0) is 16.3 Å². The molecule has 28 heavy (non-hydrogen) atoms. The number of aryl methyl sites for hydroxylation is 1. The minimum Gasteiger partial charge on any atom is -0.507 e. The van der Waals surface area contributed by atoms with Crippen molar-refractivity contribution in [2.24, 2.45) is 0 Å². The molecule has 3 rings (SSSR count). The van der Waals surface area contributed by atoms with E-state index in [1.807, 2.05) is 0 Å². The number of alkyl halides is 3. The highest BCUT2D eigenvalue weighted by Crippen LogP contribution is 2.38. The highest BCUT2D eigenvalue weighted by atomic mass is 19.4. The van der Waals surface area contributed by atoms with E-state index in [2.05, 4.69) is 5.32 Å². The zero-order valence-electron chi connectivity index (χ0n) is 15.5. The fourth-order valence-corrected chi connectivity index (χ4v) is 3.53. The van der Waals surface area contributed by atoms with E-state index in [4.69, 9.17) is 4.74 Å². The molecule has 2 aromatic carbocycles. The van der Waals surface area contributed by atoms with Crippen LogP contribution in [0.15, 0.2) is 42.5 Å². The number of amides is 1. The van der Waals surface area contributed by atoms with E-state index >= 15 is 0 Å². The Hall–Kier alpha value is -2.54. The second kappa shape index (κ2) is 7.83. The molecule has 1 amide bonds. The number of aromatic hydroxyl groups is 1. The smallest absolute Gasteiger partial charge is 0.416 e. The van der Waals surface area contributed by atoms with Crippen LogP contribution in [0, 0.1) is 6.92 Å². The predicted octanol–water partition coefficient (Wildman–Crippen LogP) is 4.20. The first-order valence-corrected chi connectivity index (χ1v) is 9.05. The molecule has 1 aliphatic heterocycles. The average molecular weight is 393 g/mol. The monoisotopic (exact) mass is 393 g/mol. The zero-order chi connectivity index (χ0) is 20.4. The Labute approximate surface area is 161 Å². The first-order valence-electron chi connectivity index (χ1n) is 9.05. The van der Waals surface area contributed by atoms with Crippen LogP contribution in [0.4, 0.5) is 13.2 Å². The van der Waals surface area contributed by atoms with Gasteiger partial charge in [0.1, 0.15) is 5.75 Å². The van der Waals surface area contributed by atoms with E-state index < -0.39 is 23.1 Å². The summed E-state index contributed by atoms with van der Waals surface area (Å²) in [5.74, 6) is -0.590. The molecule has 0 aliphatic carbocycles. The van der Waals surface area contributed by atoms with Crippen molar-refractivity contribution in [2.75, 3.05) is 19.8 Å². The summed E-state index contributed by atoms with van der Waals surface area (Å²) in [6, 6.07) is 9.98. The molecule has 0 unspecified atom stereocenters. The maximum atomic E-state index is 13.2. The summed E-state index contributed by atoms with van der Waals surface area (Å²) in [6.45, 7) is 2.76. The third-order valence-electron chi connectivity index (χ3n) is 5.24. The number of hydrogen-bond acceptors (Lipinski definition) is 3. The first kappa shape index (κ1) is 20.2. The van der Waals surface area contributed by atoms with Crippen molar-refractivity contribution in [1.29, 1.82) is 0 Å². The quantitative estimate of drug-likeness (QED) is 0.819. The van der Waals surface area contributed by atoms with E-state index in [9.17, 15) is 23.1 Å². The molecular formula is C21H22F3NO3. The maximum Gasteiger partial charge on any atom is 0.416 e. The number of nitrogens with one attached hydrogen (secondary N) is 1. The number of carbonyl (C=O) groups excluding carboxylic acids is 1. The average Bonchev–Trinajstić information content (AvgIpc) is 2.66. The summed E-state index contributed by atoms with van der Waals surface area (Å²) in [6.07, 6.45) is -3.44. The minimum absolute atomic E-state index is 0.127. The lowest BCUT2D eigenvalue weighted by Crippen LogP contribution is -2.44. The SMILES string of the molecule is Cc1ccc(C(=O)NCC2(c3cccc(C(F)(F)F)c3)CCOCC2)c(O)c1. The van der Waals surface area contributed by atoms with E-state index in [0.717, 1.165) is 17.7 Å². The van der Waals surface area contributed by atoms with Crippen molar-refractivity contribution in [2.45, 2.75) is 31.4 Å². The molecule has 1 fully saturated rings. The van der Waals surface area contributed by atoms with Crippen LogP contribution in [0.3, 0.4) is 0 Å². The van der Waals surface area contributed by atoms with Crippen LogP contribution < -0.4 is 5.32 Å². The van der Waals surface area contributed by atoms with E-state index in [-0.39, 0.29) is 17.9 Å². The standard InChI is InChI=1S/C21H22F3NO3/c1-14-5-6-17(18(26)11-14)19(27)25-13-20(7-9-28-10-8-20)15-3-2-4-16(12-15)21(22,23)24/h2-6,11-12,26H,7-10,13H2,1H3,(H,25,27). The molecule has 1 saturated heterocycles. The molecular weight excluding hydrogens is 371 g/mol. The minimum atomic E-state index is -4.43. The number of carbonyl (C=O) groups is 1. The van der Waals surface area contributed by atoms with Gasteiger partial charge in [0.25, 0.3) is 5.91 Å². The van der Waals surface area contributed by atoms with E-state index in [1.54, 1.807) is 19.1 Å². The summed E-state index contributed by atoms with van der Waals surface area (Å²) in [7, 11) is 0. The van der Waals surface area contributed by atoms with Crippen molar-refractivity contribution >= 4 is 5.91 Å². The molecule has 7 heteroatoms. The summed E-state index contributed by atoms with van der Waals surface area (Å²) in [4.78, 5) is 12.5. The largest absolute Gasteiger partial charge is 0.507 e. The molecule has 0 spiro atoms. The van der Waals surface area contributed by atoms with Crippen LogP contribution >= 0.6 is 0 Å². The number of benzene rings is 2. The van der Waals surface area contributed by atoms with Crippen LogP contribution in [-0.4, -0.2) is 30.8 Å². The van der Waals surface area contributed by atoms with Gasteiger partial charge in [-0.1, -0.05) is 24.3 Å². The molecule has 2 aromatic rings. The number of phenolic OH excluding ortho intramolecular Hbond substituents is 1. The van der Waals surface area contributed by atoms with Gasteiger partial charge >= 0.3 is 6.18 Å². The van der Waals surface area contributed by atoms with E-state index in [1.165, 1.54) is 18.2 Å². The van der Waals surface area contributed by atoms with Crippen molar-refractivity contribution in [1.82, 2.24) is 5.32 Å². The summed E-state index contributed by atoms with van der Waals surface area (Å²) in [5.41, 5.74) is 0.114. The maximum absolute atomic E-state index is 13.2. The molecule has 1 aliphatic rings. The Bertz CT molecular complexity index is 858. The van der Waals surface area contributed by atoms with Gasteiger partial charge in [-0.15, -0.1) is 0 Å². The molecule has 0 radical (unpaired) electrons. The van der Waals surface area contributed by atoms with Crippen LogP contribution in [0.2, 0.25) is 0 Å². The fourth-order valence-electron chi connectivity index (χ4n) is 3.53. The number of hydrogen-bond donors (Lipinski definition) is 2. The Morgan fingerprint density at radius 3 is 2.54 bits per heavy atom. The topological polar surface area (TPSA) is 58.6 Å². The van der Waals surface area contributed by atoms with Gasteiger partial charge in [-0.05, 0) is 49.1 Å². The van der Waals surface area contributed by atoms with Gasteiger partial charge in [0.15, 0.2) is 0 Å². The van der Waals surface area contributed by atoms with Gasteiger partial charge in [-0.25, -0.2) is 0 Å². The number of ether oxygens (including phenoxy) is 1. The normalized spacial score (nSPS) is 16.6. The van der Waals surface area contributed by atoms with Crippen molar-refractivity contribution < 1.29 is 27.8 Å². The van der Waals surface area contributed by atoms with Crippen LogP contribution in [0.5, 0.6) is 5.75 Å². The molecule has 0 atom stereocenters. The third-order valence-corrected chi connectivity index (χ3v) is 5.24. The van der Waals surface area contributed by atoms with Crippen LogP contribution in [0.25, 0.3) is 0 Å². The highest BCUT2D eigenvalue weighted by Gasteiger charge is 2.37. The second-order valence-electron chi connectivity index (χ2n) is 7.17. The Kier molecular flexibility index (Phi) is 5.65. The Balaban J connectivity index is 1.85. The Morgan fingerprint density at radius 2 is 1.89 bits per heavy atom. The number of halogens is 3. The van der Waals surface area contributed by atoms with E-state index in [0.29, 0.717) is 31.6 Å². The van der Waals surface area contributed by atoms with Gasteiger partial charge in [0, 0.05) is 25.2 Å². The van der Waals surface area contributed by atoms with Gasteiger partial charge in [-0.2, -0.15) is 13.2 Å². The summed E-state index contributed by atoms with van der Waals surface area (Å²) in [5, 5.41) is 12.8. The van der Waals surface area contributed by atoms with Crippen molar-refractivity contribution in [3.8, 4) is 5.75 Å². The molecule has 2 N–H and O–H groups in total. The lowest BCUT2D eigenvalue weighted by atomic mass is 9.73. The lowest BCUT2D eigenvalue weighted by Gasteiger charge is -2.38. The van der Waals surface area contributed by atoms with Crippen molar-refractivity contribution in [3.05, 3.63) is 64.7 Å². The number of rotatable bonds is 4. The predicted molar refractivity (Wildman–Crippen MR) is 98.4 cm³/mol. The van der Waals surface area contributed by atoms with Crippen LogP contribution in [0.1, 0.15) is 39.9 Å².